The monoisotopic (exact) mass is 329 g/mol. The van der Waals surface area contributed by atoms with Crippen LogP contribution in [0.3, 0.4) is 0 Å². The van der Waals surface area contributed by atoms with Gasteiger partial charge in [0.1, 0.15) is 10.7 Å². The zero-order chi connectivity index (χ0) is 15.8. The SMILES string of the molecule is Cc1ccc(F)cc1S(=O)(=O)Nc1c(C)csc1C(=O)O. The number of carboxylic acids is 1. The van der Waals surface area contributed by atoms with E-state index in [1.54, 1.807) is 12.3 Å². The van der Waals surface area contributed by atoms with Gasteiger partial charge in [-0.1, -0.05) is 6.07 Å². The van der Waals surface area contributed by atoms with Crippen LogP contribution in [0.25, 0.3) is 0 Å². The Kier molecular flexibility index (Phi) is 4.02. The van der Waals surface area contributed by atoms with Crippen LogP contribution in [0, 0.1) is 19.7 Å². The molecule has 0 atom stereocenters. The molecule has 5 nitrogen and oxygen atoms in total. The van der Waals surface area contributed by atoms with Crippen molar-refractivity contribution in [1.82, 2.24) is 0 Å². The molecule has 0 spiro atoms. The highest BCUT2D eigenvalue weighted by atomic mass is 32.2. The van der Waals surface area contributed by atoms with Gasteiger partial charge in [-0.2, -0.15) is 0 Å². The number of rotatable bonds is 4. The lowest BCUT2D eigenvalue weighted by atomic mass is 10.2. The van der Waals surface area contributed by atoms with E-state index in [9.17, 15) is 17.6 Å². The first-order valence-electron chi connectivity index (χ1n) is 5.82. The van der Waals surface area contributed by atoms with E-state index in [1.807, 2.05) is 0 Å². The summed E-state index contributed by atoms with van der Waals surface area (Å²) >= 11 is 0.927. The van der Waals surface area contributed by atoms with Gasteiger partial charge in [0.15, 0.2) is 0 Å². The van der Waals surface area contributed by atoms with Crippen molar-refractivity contribution >= 4 is 33.0 Å². The molecule has 2 aromatic rings. The van der Waals surface area contributed by atoms with Gasteiger partial charge in [0.25, 0.3) is 10.0 Å². The molecule has 0 saturated carbocycles. The molecule has 0 bridgehead atoms. The van der Waals surface area contributed by atoms with E-state index < -0.39 is 21.8 Å². The van der Waals surface area contributed by atoms with Crippen molar-refractivity contribution in [2.24, 2.45) is 0 Å². The highest BCUT2D eigenvalue weighted by Gasteiger charge is 2.23. The normalized spacial score (nSPS) is 11.4. The van der Waals surface area contributed by atoms with Crippen molar-refractivity contribution in [3.63, 3.8) is 0 Å². The molecule has 2 N–H and O–H groups in total. The van der Waals surface area contributed by atoms with Crippen LogP contribution in [0.5, 0.6) is 0 Å². The quantitative estimate of drug-likeness (QED) is 0.903. The Morgan fingerprint density at radius 1 is 1.29 bits per heavy atom. The second kappa shape index (κ2) is 5.45. The van der Waals surface area contributed by atoms with Gasteiger partial charge in [0.05, 0.1) is 10.6 Å². The minimum Gasteiger partial charge on any atom is -0.477 e. The van der Waals surface area contributed by atoms with Crippen LogP contribution in [0.15, 0.2) is 28.5 Å². The average molecular weight is 329 g/mol. The molecule has 0 amide bonds. The van der Waals surface area contributed by atoms with Crippen molar-refractivity contribution in [3.05, 3.63) is 45.4 Å². The third-order valence-corrected chi connectivity index (χ3v) is 5.42. The van der Waals surface area contributed by atoms with Gasteiger partial charge >= 0.3 is 5.97 Å². The van der Waals surface area contributed by atoms with Gasteiger partial charge in [0.2, 0.25) is 0 Å². The molecule has 0 unspecified atom stereocenters. The lowest BCUT2D eigenvalue weighted by Crippen LogP contribution is -2.16. The molecular weight excluding hydrogens is 317 g/mol. The number of carboxylic acid groups (broad SMARTS) is 1. The van der Waals surface area contributed by atoms with Gasteiger partial charge in [-0.05, 0) is 42.5 Å². The Balaban J connectivity index is 2.50. The lowest BCUT2D eigenvalue weighted by Gasteiger charge is -2.11. The molecule has 0 radical (unpaired) electrons. The molecular formula is C13H12FNO4S2. The van der Waals surface area contributed by atoms with Gasteiger partial charge in [-0.3, -0.25) is 4.72 Å². The summed E-state index contributed by atoms with van der Waals surface area (Å²) in [6, 6.07) is 3.41. The van der Waals surface area contributed by atoms with E-state index in [1.165, 1.54) is 13.0 Å². The van der Waals surface area contributed by atoms with Gasteiger partial charge in [0, 0.05) is 0 Å². The number of nitrogens with one attached hydrogen (secondary N) is 1. The first kappa shape index (κ1) is 15.5. The maximum absolute atomic E-state index is 13.3. The van der Waals surface area contributed by atoms with Crippen LogP contribution in [0.4, 0.5) is 10.1 Å². The van der Waals surface area contributed by atoms with Crippen LogP contribution in [-0.2, 0) is 10.0 Å². The van der Waals surface area contributed by atoms with Crippen LogP contribution in [-0.4, -0.2) is 19.5 Å². The minimum atomic E-state index is -4.06. The fourth-order valence-electron chi connectivity index (χ4n) is 1.78. The van der Waals surface area contributed by atoms with Gasteiger partial charge in [-0.15, -0.1) is 11.3 Å². The summed E-state index contributed by atoms with van der Waals surface area (Å²) in [5.74, 6) is -1.90. The third kappa shape index (κ3) is 3.06. The fourth-order valence-corrected chi connectivity index (χ4v) is 4.09. The predicted octanol–water partition coefficient (Wildman–Crippen LogP) is 3.00. The topological polar surface area (TPSA) is 83.5 Å². The largest absolute Gasteiger partial charge is 0.477 e. The van der Waals surface area contributed by atoms with Crippen molar-refractivity contribution in [3.8, 4) is 0 Å². The molecule has 1 heterocycles. The number of benzene rings is 1. The zero-order valence-electron chi connectivity index (χ0n) is 11.2. The van der Waals surface area contributed by atoms with Gasteiger partial charge in [-0.25, -0.2) is 17.6 Å². The summed E-state index contributed by atoms with van der Waals surface area (Å²) in [4.78, 5) is 10.8. The van der Waals surface area contributed by atoms with Gasteiger partial charge < -0.3 is 5.11 Å². The van der Waals surface area contributed by atoms with Crippen LogP contribution >= 0.6 is 11.3 Å². The van der Waals surface area contributed by atoms with E-state index in [4.69, 9.17) is 5.11 Å². The van der Waals surface area contributed by atoms with E-state index in [-0.39, 0.29) is 15.5 Å². The summed E-state index contributed by atoms with van der Waals surface area (Å²) in [7, 11) is -4.06. The second-order valence-corrected chi connectivity index (χ2v) is 6.97. The minimum absolute atomic E-state index is 0.0103. The number of aromatic carboxylic acids is 1. The molecule has 0 aliphatic heterocycles. The van der Waals surface area contributed by atoms with E-state index in [0.717, 1.165) is 23.5 Å². The molecule has 0 fully saturated rings. The highest BCUT2D eigenvalue weighted by Crippen LogP contribution is 2.30. The summed E-state index contributed by atoms with van der Waals surface area (Å²) in [5, 5.41) is 10.6. The first-order chi connectivity index (χ1) is 9.72. The average Bonchev–Trinajstić information content (AvgIpc) is 2.73. The smallest absolute Gasteiger partial charge is 0.348 e. The second-order valence-electron chi connectivity index (χ2n) is 4.44. The molecule has 0 aliphatic carbocycles. The number of thiophene rings is 1. The Hall–Kier alpha value is -1.93. The lowest BCUT2D eigenvalue weighted by molar-refractivity contribution is 0.0703. The Bertz CT molecular complexity index is 812. The number of hydrogen-bond donors (Lipinski definition) is 2. The van der Waals surface area contributed by atoms with Crippen LogP contribution < -0.4 is 4.72 Å². The molecule has 1 aromatic carbocycles. The molecule has 0 aliphatic rings. The Labute approximate surface area is 125 Å². The Morgan fingerprint density at radius 2 is 1.95 bits per heavy atom. The van der Waals surface area contributed by atoms with Crippen molar-refractivity contribution < 1.29 is 22.7 Å². The molecule has 2 rings (SSSR count). The third-order valence-electron chi connectivity index (χ3n) is 2.85. The number of hydrogen-bond acceptors (Lipinski definition) is 4. The van der Waals surface area contributed by atoms with E-state index in [0.29, 0.717) is 11.1 Å². The van der Waals surface area contributed by atoms with Crippen LogP contribution in [0.1, 0.15) is 20.8 Å². The van der Waals surface area contributed by atoms with E-state index in [2.05, 4.69) is 4.72 Å². The molecule has 0 saturated heterocycles. The number of halogens is 1. The van der Waals surface area contributed by atoms with Crippen LogP contribution in [0.2, 0.25) is 0 Å². The number of carbonyl (C=O) groups is 1. The maximum atomic E-state index is 13.3. The van der Waals surface area contributed by atoms with Crippen molar-refractivity contribution in [1.29, 1.82) is 0 Å². The standard InChI is InChI=1S/C13H12FNO4S2/c1-7-3-4-9(14)5-10(7)21(18,19)15-11-8(2)6-20-12(11)13(16)17/h3-6,15H,1-2H3,(H,16,17). The molecule has 21 heavy (non-hydrogen) atoms. The molecule has 112 valence electrons. The summed E-state index contributed by atoms with van der Waals surface area (Å²) < 4.78 is 40.2. The van der Waals surface area contributed by atoms with E-state index >= 15 is 0 Å². The fraction of sp³-hybridized carbons (Fsp3) is 0.154. The summed E-state index contributed by atoms with van der Waals surface area (Å²) in [6.45, 7) is 3.13. The van der Waals surface area contributed by atoms with Crippen molar-refractivity contribution in [2.75, 3.05) is 4.72 Å². The highest BCUT2D eigenvalue weighted by molar-refractivity contribution is 7.92. The Morgan fingerprint density at radius 3 is 2.57 bits per heavy atom. The number of aryl methyl sites for hydroxylation is 2. The number of anilines is 1. The number of sulfonamides is 1. The summed E-state index contributed by atoms with van der Waals surface area (Å²) in [6.07, 6.45) is 0. The first-order valence-corrected chi connectivity index (χ1v) is 8.19. The molecule has 8 heteroatoms. The maximum Gasteiger partial charge on any atom is 0.348 e. The summed E-state index contributed by atoms with van der Waals surface area (Å²) in [5.41, 5.74) is 0.875. The van der Waals surface area contributed by atoms with Crippen molar-refractivity contribution in [2.45, 2.75) is 18.7 Å². The molecule has 1 aromatic heterocycles. The zero-order valence-corrected chi connectivity index (χ0v) is 12.8. The predicted molar refractivity (Wildman–Crippen MR) is 78.0 cm³/mol.